The molecule has 0 bridgehead atoms. The first kappa shape index (κ1) is 22.6. The van der Waals surface area contributed by atoms with Gasteiger partial charge in [0.15, 0.2) is 17.5 Å². The minimum Gasteiger partial charge on any atom is -0.346 e. The lowest BCUT2D eigenvalue weighted by atomic mass is 10.2. The summed E-state index contributed by atoms with van der Waals surface area (Å²) in [6, 6.07) is 8.29. The van der Waals surface area contributed by atoms with E-state index in [4.69, 9.17) is 11.6 Å². The fourth-order valence-corrected chi connectivity index (χ4v) is 3.29. The number of rotatable bonds is 7. The number of nitrogens with zero attached hydrogens (tertiary/aromatic N) is 4. The Morgan fingerprint density at radius 2 is 1.84 bits per heavy atom. The van der Waals surface area contributed by atoms with Gasteiger partial charge in [0.1, 0.15) is 0 Å². The minimum atomic E-state index is -1.70. The number of hydrogen-bond acceptors (Lipinski definition) is 6. The third-order valence-electron chi connectivity index (χ3n) is 3.90. The molecule has 0 aliphatic carbocycles. The number of thioether (sulfide) groups is 1. The minimum absolute atomic E-state index is 0.332. The molecule has 0 aliphatic rings. The molecule has 2 N–H and O–H groups in total. The standard InChI is InChI=1S/C18H14ClF3N6O2S/c1-9(31-18-25-26-27-28(18)11-4-2-10(19)3-5-11)17(30)23-8-14(29)24-13-7-6-12(20)15(21)16(13)22/h2-7,9H,8H2,1H3,(H,23,30)(H,24,29)/t9-/m1/s1. The summed E-state index contributed by atoms with van der Waals surface area (Å²) >= 11 is 6.91. The third-order valence-corrected chi connectivity index (χ3v) is 5.18. The maximum Gasteiger partial charge on any atom is 0.243 e. The van der Waals surface area contributed by atoms with Gasteiger partial charge in [-0.15, -0.1) is 5.10 Å². The predicted molar refractivity (Wildman–Crippen MR) is 107 cm³/mol. The van der Waals surface area contributed by atoms with Crippen molar-refractivity contribution in [1.29, 1.82) is 0 Å². The number of carbonyl (C=O) groups is 2. The SMILES string of the molecule is C[C@@H](Sc1nnnn1-c1ccc(Cl)cc1)C(=O)NCC(=O)Nc1ccc(F)c(F)c1F. The van der Waals surface area contributed by atoms with Crippen LogP contribution in [0.2, 0.25) is 5.02 Å². The average Bonchev–Trinajstić information content (AvgIpc) is 3.21. The summed E-state index contributed by atoms with van der Waals surface area (Å²) in [5.41, 5.74) is 0.0974. The number of amides is 2. The summed E-state index contributed by atoms with van der Waals surface area (Å²) in [6.07, 6.45) is 0. The van der Waals surface area contributed by atoms with Gasteiger partial charge in [0.2, 0.25) is 17.0 Å². The van der Waals surface area contributed by atoms with Crippen LogP contribution in [0, 0.1) is 17.5 Å². The molecule has 1 aromatic heterocycles. The lowest BCUT2D eigenvalue weighted by molar-refractivity contribution is -0.123. The van der Waals surface area contributed by atoms with Gasteiger partial charge >= 0.3 is 0 Å². The molecule has 162 valence electrons. The molecule has 3 aromatic rings. The van der Waals surface area contributed by atoms with Gasteiger partial charge in [0, 0.05) is 5.02 Å². The summed E-state index contributed by atoms with van der Waals surface area (Å²) in [5, 5.41) is 16.0. The second-order valence-corrected chi connectivity index (χ2v) is 7.84. The van der Waals surface area contributed by atoms with Gasteiger partial charge in [0.05, 0.1) is 23.2 Å². The molecular formula is C18H14ClF3N6O2S. The molecule has 2 amide bonds. The number of tetrazole rings is 1. The molecule has 0 aliphatic heterocycles. The molecule has 0 spiro atoms. The van der Waals surface area contributed by atoms with E-state index in [2.05, 4.69) is 26.2 Å². The van der Waals surface area contributed by atoms with Crippen molar-refractivity contribution in [2.24, 2.45) is 0 Å². The number of aromatic nitrogens is 4. The zero-order valence-electron chi connectivity index (χ0n) is 15.8. The van der Waals surface area contributed by atoms with Gasteiger partial charge in [-0.25, -0.2) is 13.2 Å². The van der Waals surface area contributed by atoms with Crippen LogP contribution in [0.3, 0.4) is 0 Å². The maximum absolute atomic E-state index is 13.6. The Balaban J connectivity index is 1.56. The van der Waals surface area contributed by atoms with E-state index in [1.807, 2.05) is 0 Å². The number of benzene rings is 2. The van der Waals surface area contributed by atoms with E-state index in [0.29, 0.717) is 21.9 Å². The molecule has 0 radical (unpaired) electrons. The highest BCUT2D eigenvalue weighted by Gasteiger charge is 2.20. The summed E-state index contributed by atoms with van der Waals surface area (Å²) in [5.74, 6) is -5.95. The first-order chi connectivity index (χ1) is 14.8. The second-order valence-electron chi connectivity index (χ2n) is 6.10. The fraction of sp³-hybridized carbons (Fsp3) is 0.167. The van der Waals surface area contributed by atoms with E-state index in [-0.39, 0.29) is 0 Å². The van der Waals surface area contributed by atoms with Crippen LogP contribution in [0.4, 0.5) is 18.9 Å². The van der Waals surface area contributed by atoms with Gasteiger partial charge in [-0.2, -0.15) is 4.68 Å². The Bertz CT molecular complexity index is 1110. The number of nitrogens with one attached hydrogen (secondary N) is 2. The van der Waals surface area contributed by atoms with Crippen LogP contribution >= 0.6 is 23.4 Å². The number of carbonyl (C=O) groups excluding carboxylic acids is 2. The monoisotopic (exact) mass is 470 g/mol. The van der Waals surface area contributed by atoms with E-state index >= 15 is 0 Å². The van der Waals surface area contributed by atoms with Gasteiger partial charge in [-0.3, -0.25) is 9.59 Å². The maximum atomic E-state index is 13.6. The van der Waals surface area contributed by atoms with Crippen LogP contribution in [0.15, 0.2) is 41.6 Å². The van der Waals surface area contributed by atoms with Gasteiger partial charge in [-0.1, -0.05) is 23.4 Å². The van der Waals surface area contributed by atoms with Crippen molar-refractivity contribution in [2.45, 2.75) is 17.3 Å². The van der Waals surface area contributed by atoms with E-state index in [9.17, 15) is 22.8 Å². The molecule has 13 heteroatoms. The zero-order chi connectivity index (χ0) is 22.5. The summed E-state index contributed by atoms with van der Waals surface area (Å²) < 4.78 is 41.2. The van der Waals surface area contributed by atoms with Crippen molar-refractivity contribution < 1.29 is 22.8 Å². The first-order valence-corrected chi connectivity index (χ1v) is 9.94. The number of anilines is 1. The van der Waals surface area contributed by atoms with Crippen molar-refractivity contribution in [3.63, 3.8) is 0 Å². The predicted octanol–water partition coefficient (Wildman–Crippen LogP) is 2.97. The quantitative estimate of drug-likeness (QED) is 0.406. The van der Waals surface area contributed by atoms with Gasteiger partial charge in [-0.05, 0) is 53.7 Å². The highest BCUT2D eigenvalue weighted by molar-refractivity contribution is 8.00. The van der Waals surface area contributed by atoms with Crippen LogP contribution in [0.1, 0.15) is 6.92 Å². The van der Waals surface area contributed by atoms with E-state index in [1.165, 1.54) is 4.68 Å². The second kappa shape index (κ2) is 9.79. The highest BCUT2D eigenvalue weighted by atomic mass is 35.5. The Hall–Kier alpha value is -3.12. The summed E-state index contributed by atoms with van der Waals surface area (Å²) in [6.45, 7) is 1.07. The molecule has 0 unspecified atom stereocenters. The molecule has 2 aromatic carbocycles. The Labute approximate surface area is 183 Å². The number of halogens is 4. The largest absolute Gasteiger partial charge is 0.346 e. The molecule has 1 atom stereocenters. The topological polar surface area (TPSA) is 102 Å². The average molecular weight is 471 g/mol. The lowest BCUT2D eigenvalue weighted by Gasteiger charge is -2.12. The van der Waals surface area contributed by atoms with Crippen LogP contribution in [0.25, 0.3) is 5.69 Å². The van der Waals surface area contributed by atoms with Crippen LogP contribution in [-0.2, 0) is 9.59 Å². The molecule has 3 rings (SSSR count). The van der Waals surface area contributed by atoms with Crippen molar-refractivity contribution >= 4 is 40.9 Å². The highest BCUT2D eigenvalue weighted by Crippen LogP contribution is 2.24. The fourth-order valence-electron chi connectivity index (χ4n) is 2.34. The van der Waals surface area contributed by atoms with Crippen LogP contribution in [0.5, 0.6) is 0 Å². The molecule has 1 heterocycles. The first-order valence-electron chi connectivity index (χ1n) is 8.68. The summed E-state index contributed by atoms with van der Waals surface area (Å²) in [4.78, 5) is 24.2. The van der Waals surface area contributed by atoms with Gasteiger partial charge < -0.3 is 10.6 Å². The smallest absolute Gasteiger partial charge is 0.243 e. The Kier molecular flexibility index (Phi) is 7.13. The normalized spacial score (nSPS) is 11.8. The molecule has 0 saturated carbocycles. The van der Waals surface area contributed by atoms with Gasteiger partial charge in [0.25, 0.3) is 0 Å². The van der Waals surface area contributed by atoms with E-state index in [1.54, 1.807) is 31.2 Å². The third kappa shape index (κ3) is 5.52. The van der Waals surface area contributed by atoms with Crippen LogP contribution in [-0.4, -0.2) is 43.8 Å². The summed E-state index contributed by atoms with van der Waals surface area (Å²) in [7, 11) is 0. The van der Waals surface area contributed by atoms with E-state index < -0.39 is 46.7 Å². The Morgan fingerprint density at radius 1 is 1.13 bits per heavy atom. The van der Waals surface area contributed by atoms with Crippen molar-refractivity contribution in [1.82, 2.24) is 25.5 Å². The van der Waals surface area contributed by atoms with Crippen LogP contribution < -0.4 is 10.6 Å². The number of hydrogen-bond donors (Lipinski definition) is 2. The molecule has 8 nitrogen and oxygen atoms in total. The van der Waals surface area contributed by atoms with Crippen molar-refractivity contribution in [3.8, 4) is 5.69 Å². The zero-order valence-corrected chi connectivity index (χ0v) is 17.3. The van der Waals surface area contributed by atoms with Crippen molar-refractivity contribution in [2.75, 3.05) is 11.9 Å². The molecule has 31 heavy (non-hydrogen) atoms. The van der Waals surface area contributed by atoms with Crippen molar-refractivity contribution in [3.05, 3.63) is 58.9 Å². The molecular weight excluding hydrogens is 457 g/mol. The van der Waals surface area contributed by atoms with E-state index in [0.717, 1.165) is 17.8 Å². The molecule has 0 fully saturated rings. The Morgan fingerprint density at radius 3 is 2.55 bits per heavy atom. The lowest BCUT2D eigenvalue weighted by Crippen LogP contribution is -2.37. The molecule has 0 saturated heterocycles.